The summed E-state index contributed by atoms with van der Waals surface area (Å²) in [5.74, 6) is -1.22. The maximum atomic E-state index is 11.7. The van der Waals surface area contributed by atoms with Gasteiger partial charge < -0.3 is 14.6 Å². The van der Waals surface area contributed by atoms with Crippen molar-refractivity contribution in [3.05, 3.63) is 35.9 Å². The summed E-state index contributed by atoms with van der Waals surface area (Å²) in [6.07, 6.45) is 0.507. The van der Waals surface area contributed by atoms with Crippen molar-refractivity contribution in [2.75, 3.05) is 6.54 Å². The number of aliphatic carboxylic acids is 1. The topological polar surface area (TPSA) is 69.7 Å². The zero-order valence-corrected chi connectivity index (χ0v) is 9.87. The summed E-state index contributed by atoms with van der Waals surface area (Å²) in [7, 11) is 0. The van der Waals surface area contributed by atoms with Gasteiger partial charge in [0.05, 0.1) is 12.0 Å². The van der Waals surface area contributed by atoms with Crippen LogP contribution in [0.3, 0.4) is 0 Å². The first-order valence-corrected chi connectivity index (χ1v) is 5.86. The highest BCUT2D eigenvalue weighted by Crippen LogP contribution is 2.18. The quantitative estimate of drug-likeness (QED) is 0.782. The van der Waals surface area contributed by atoms with Crippen LogP contribution in [0.2, 0.25) is 0 Å². The maximum absolute atomic E-state index is 11.7. The maximum Gasteiger partial charge on any atom is 0.410 e. The summed E-state index contributed by atoms with van der Waals surface area (Å²) in [5, 5.41) is 10.8. The van der Waals surface area contributed by atoms with Crippen LogP contribution in [0.15, 0.2) is 30.3 Å². The Labute approximate surface area is 105 Å². The zero-order chi connectivity index (χ0) is 13.0. The summed E-state index contributed by atoms with van der Waals surface area (Å²) in [5.41, 5.74) is 0.870. The van der Waals surface area contributed by atoms with Gasteiger partial charge >= 0.3 is 6.09 Å². The Morgan fingerprint density at radius 1 is 1.33 bits per heavy atom. The first-order valence-electron chi connectivity index (χ1n) is 5.86. The fourth-order valence-electron chi connectivity index (χ4n) is 2.03. The smallest absolute Gasteiger partial charge is 0.410 e. The van der Waals surface area contributed by atoms with Crippen molar-refractivity contribution in [2.24, 2.45) is 0 Å². The summed E-state index contributed by atoms with van der Waals surface area (Å²) in [6.45, 7) is 0.558. The number of carbonyl (C=O) groups is 2. The van der Waals surface area contributed by atoms with Crippen LogP contribution in [0.25, 0.3) is 0 Å². The van der Waals surface area contributed by atoms with Gasteiger partial charge in [0.25, 0.3) is 0 Å². The van der Waals surface area contributed by atoms with Crippen molar-refractivity contribution in [3.8, 4) is 0 Å². The molecule has 1 aromatic rings. The molecule has 0 radical (unpaired) electrons. The molecule has 18 heavy (non-hydrogen) atoms. The molecule has 0 unspecified atom stereocenters. The van der Waals surface area contributed by atoms with Crippen molar-refractivity contribution in [1.29, 1.82) is 0 Å². The van der Waals surface area contributed by atoms with Gasteiger partial charge in [-0.1, -0.05) is 30.3 Å². The second-order valence-electron chi connectivity index (χ2n) is 4.21. The zero-order valence-electron chi connectivity index (χ0n) is 9.87. The van der Waals surface area contributed by atoms with Gasteiger partial charge in [0.15, 0.2) is 0 Å². The number of carboxylic acids is 1. The van der Waals surface area contributed by atoms with E-state index in [-0.39, 0.29) is 6.61 Å². The Morgan fingerprint density at radius 3 is 2.72 bits per heavy atom. The van der Waals surface area contributed by atoms with E-state index in [1.165, 1.54) is 4.90 Å². The molecule has 0 N–H and O–H groups in total. The highest BCUT2D eigenvalue weighted by atomic mass is 16.6. The van der Waals surface area contributed by atoms with Gasteiger partial charge in [-0.15, -0.1) is 0 Å². The number of likely N-dealkylation sites (tertiary alicyclic amines) is 1. The second kappa shape index (κ2) is 5.53. The molecule has 2 rings (SSSR count). The van der Waals surface area contributed by atoms with Crippen LogP contribution >= 0.6 is 0 Å². The molecule has 1 fully saturated rings. The molecule has 5 heteroatoms. The van der Waals surface area contributed by atoms with E-state index in [0.717, 1.165) is 5.56 Å². The second-order valence-corrected chi connectivity index (χ2v) is 4.21. The van der Waals surface area contributed by atoms with Crippen LogP contribution in [0.4, 0.5) is 4.79 Å². The third kappa shape index (κ3) is 2.80. The molecule has 0 spiro atoms. The third-order valence-electron chi connectivity index (χ3n) is 2.96. The van der Waals surface area contributed by atoms with Crippen LogP contribution in [0.5, 0.6) is 0 Å². The Kier molecular flexibility index (Phi) is 3.82. The summed E-state index contributed by atoms with van der Waals surface area (Å²) >= 11 is 0. The SMILES string of the molecule is O=C([O-])[C@H]1CCCN1C(=O)OCc1ccccc1. The Hall–Kier alpha value is -2.04. The van der Waals surface area contributed by atoms with Crippen molar-refractivity contribution >= 4 is 12.1 Å². The molecule has 96 valence electrons. The number of hydrogen-bond donors (Lipinski definition) is 0. The van der Waals surface area contributed by atoms with Crippen molar-refractivity contribution in [3.63, 3.8) is 0 Å². The Bertz CT molecular complexity index is 432. The molecular formula is C13H14NO4-. The van der Waals surface area contributed by atoms with Crippen molar-refractivity contribution in [2.45, 2.75) is 25.5 Å². The summed E-state index contributed by atoms with van der Waals surface area (Å²) in [6, 6.07) is 8.40. The number of benzene rings is 1. The van der Waals surface area contributed by atoms with Gasteiger partial charge in [-0.2, -0.15) is 0 Å². The largest absolute Gasteiger partial charge is 0.548 e. The van der Waals surface area contributed by atoms with Crippen molar-refractivity contribution < 1.29 is 19.4 Å². The lowest BCUT2D eigenvalue weighted by Crippen LogP contribution is -2.47. The van der Waals surface area contributed by atoms with E-state index >= 15 is 0 Å². The third-order valence-corrected chi connectivity index (χ3v) is 2.96. The van der Waals surface area contributed by atoms with E-state index in [0.29, 0.717) is 19.4 Å². The van der Waals surface area contributed by atoms with E-state index < -0.39 is 18.1 Å². The first kappa shape index (κ1) is 12.4. The Morgan fingerprint density at radius 2 is 2.06 bits per heavy atom. The highest BCUT2D eigenvalue weighted by molar-refractivity contribution is 5.79. The van der Waals surface area contributed by atoms with Gasteiger partial charge in [0, 0.05) is 6.54 Å². The molecule has 1 amide bonds. The van der Waals surface area contributed by atoms with Gasteiger partial charge in [-0.25, -0.2) is 4.79 Å². The monoisotopic (exact) mass is 248 g/mol. The number of hydrogen-bond acceptors (Lipinski definition) is 4. The van der Waals surface area contributed by atoms with Gasteiger partial charge in [0.1, 0.15) is 6.61 Å². The lowest BCUT2D eigenvalue weighted by molar-refractivity contribution is -0.310. The van der Waals surface area contributed by atoms with Crippen molar-refractivity contribution in [1.82, 2.24) is 4.90 Å². The molecular weight excluding hydrogens is 234 g/mol. The van der Waals surface area contributed by atoms with Gasteiger partial charge in [-0.05, 0) is 18.4 Å². The number of rotatable bonds is 3. The number of carbonyl (C=O) groups excluding carboxylic acids is 2. The minimum Gasteiger partial charge on any atom is -0.548 e. The minimum absolute atomic E-state index is 0.149. The molecule has 0 aromatic heterocycles. The van der Waals surface area contributed by atoms with Crippen LogP contribution < -0.4 is 5.11 Å². The highest BCUT2D eigenvalue weighted by Gasteiger charge is 2.30. The molecule has 1 heterocycles. The lowest BCUT2D eigenvalue weighted by Gasteiger charge is -2.24. The molecule has 1 atom stereocenters. The number of nitrogens with zero attached hydrogens (tertiary/aromatic N) is 1. The summed E-state index contributed by atoms with van der Waals surface area (Å²) < 4.78 is 5.09. The van der Waals surface area contributed by atoms with Crippen LogP contribution in [0, 0.1) is 0 Å². The summed E-state index contributed by atoms with van der Waals surface area (Å²) in [4.78, 5) is 23.8. The fraction of sp³-hybridized carbons (Fsp3) is 0.385. The van der Waals surface area contributed by atoms with Crippen LogP contribution in [-0.2, 0) is 16.1 Å². The molecule has 1 aliphatic heterocycles. The minimum atomic E-state index is -1.22. The molecule has 0 saturated carbocycles. The normalized spacial score (nSPS) is 18.7. The van der Waals surface area contributed by atoms with E-state index in [9.17, 15) is 14.7 Å². The lowest BCUT2D eigenvalue weighted by atomic mass is 10.2. The predicted molar refractivity (Wildman–Crippen MR) is 61.4 cm³/mol. The molecule has 1 saturated heterocycles. The Balaban J connectivity index is 1.90. The predicted octanol–water partition coefficient (Wildman–Crippen LogP) is 0.537. The van der Waals surface area contributed by atoms with Crippen LogP contribution in [0.1, 0.15) is 18.4 Å². The standard InChI is InChI=1S/C13H15NO4/c15-12(16)11-7-4-8-14(11)13(17)18-9-10-5-2-1-3-6-10/h1-3,5-6,11H,4,7-9H2,(H,15,16)/p-1/t11-/m1/s1. The van der Waals surface area contributed by atoms with E-state index in [1.54, 1.807) is 0 Å². The van der Waals surface area contributed by atoms with E-state index in [4.69, 9.17) is 4.74 Å². The number of amides is 1. The fourth-order valence-corrected chi connectivity index (χ4v) is 2.03. The molecule has 0 aliphatic carbocycles. The van der Waals surface area contributed by atoms with E-state index in [2.05, 4.69) is 0 Å². The number of carboxylic acid groups (broad SMARTS) is 1. The average Bonchev–Trinajstić information content (AvgIpc) is 2.86. The molecule has 5 nitrogen and oxygen atoms in total. The van der Waals surface area contributed by atoms with E-state index in [1.807, 2.05) is 30.3 Å². The number of ether oxygens (including phenoxy) is 1. The first-order chi connectivity index (χ1) is 8.68. The molecule has 1 aromatic carbocycles. The van der Waals surface area contributed by atoms with Gasteiger partial charge in [-0.3, -0.25) is 4.90 Å². The molecule has 1 aliphatic rings. The van der Waals surface area contributed by atoms with Gasteiger partial charge in [0.2, 0.25) is 0 Å². The molecule has 0 bridgehead atoms. The van der Waals surface area contributed by atoms with Crippen LogP contribution in [-0.4, -0.2) is 29.5 Å². The average molecular weight is 248 g/mol.